The number of carbonyl (C=O) groups is 6. The summed E-state index contributed by atoms with van der Waals surface area (Å²) in [5, 5.41) is 12.7. The van der Waals surface area contributed by atoms with E-state index >= 15 is 0 Å². The van der Waals surface area contributed by atoms with Gasteiger partial charge < -0.3 is 65.8 Å². The minimum atomic E-state index is -1.10. The van der Waals surface area contributed by atoms with Gasteiger partial charge in [0, 0.05) is 13.1 Å². The van der Waals surface area contributed by atoms with Gasteiger partial charge >= 0.3 is 0 Å². The number of nitrogens with zero attached hydrogens (tertiary/aromatic N) is 2. The van der Waals surface area contributed by atoms with Crippen LogP contribution >= 0.6 is 0 Å². The highest BCUT2D eigenvalue weighted by Crippen LogP contribution is 2.05. The Morgan fingerprint density at radius 3 is 1.83 bits per heavy atom. The van der Waals surface area contributed by atoms with Crippen LogP contribution in [0, 0.1) is 5.92 Å². The molecule has 0 aromatic heterocycles. The summed E-state index contributed by atoms with van der Waals surface area (Å²) in [5.74, 6) is -3.67. The number of amides is 5. The summed E-state index contributed by atoms with van der Waals surface area (Å²) < 4.78 is 0. The van der Waals surface area contributed by atoms with E-state index in [0.717, 1.165) is 0 Å². The first-order chi connectivity index (χ1) is 22.1. The zero-order valence-corrected chi connectivity index (χ0v) is 27.6. The van der Waals surface area contributed by atoms with Gasteiger partial charge in [-0.3, -0.25) is 34.0 Å². The molecule has 0 spiro atoms. The molecule has 0 rings (SSSR count). The van der Waals surface area contributed by atoms with Gasteiger partial charge in [0.25, 0.3) is 0 Å². The van der Waals surface area contributed by atoms with Gasteiger partial charge in [0.2, 0.25) is 29.5 Å². The fourth-order valence-electron chi connectivity index (χ4n) is 4.12. The van der Waals surface area contributed by atoms with Crippen molar-refractivity contribution in [2.24, 2.45) is 50.3 Å². The standard InChI is InChI=1S/C28H55N13O6/c1-16(2)22(41-24(45)19(30)9-6-12-35-27(31)32)26(47)37-14-21(43)38-17(3)23(44)40-20(10-7-13-36-28(33)34)25(46)39-18(15-42)8-4-5-11-29/h15-20,22H,4-14,29-30H2,1-3H3,(H,37,47)(H,38,43)(H,39,46)(H,40,44)(H,41,45)(H4,31,32,35)(H4,33,34,36)/t17-,18-,19-,20-,22-/m0/s1. The maximum absolute atomic E-state index is 13.0. The van der Waals surface area contributed by atoms with E-state index in [1.54, 1.807) is 13.8 Å². The average Bonchev–Trinajstić information content (AvgIpc) is 3.00. The second-order valence-corrected chi connectivity index (χ2v) is 11.3. The van der Waals surface area contributed by atoms with Crippen LogP contribution < -0.4 is 61.0 Å². The number of nitrogens with two attached hydrogens (primary N) is 6. The van der Waals surface area contributed by atoms with Crippen LogP contribution in [0.25, 0.3) is 0 Å². The Labute approximate surface area is 275 Å². The predicted octanol–water partition coefficient (Wildman–Crippen LogP) is -4.52. The van der Waals surface area contributed by atoms with Gasteiger partial charge in [-0.15, -0.1) is 0 Å². The van der Waals surface area contributed by atoms with Gasteiger partial charge in [0.05, 0.1) is 18.6 Å². The molecule has 5 amide bonds. The molecule has 5 atom stereocenters. The van der Waals surface area contributed by atoms with Gasteiger partial charge in [-0.05, 0) is 64.3 Å². The number of nitrogens with one attached hydrogen (secondary N) is 5. The fourth-order valence-corrected chi connectivity index (χ4v) is 4.12. The summed E-state index contributed by atoms with van der Waals surface area (Å²) in [4.78, 5) is 83.0. The Morgan fingerprint density at radius 2 is 1.30 bits per heavy atom. The summed E-state index contributed by atoms with van der Waals surface area (Å²) >= 11 is 0. The number of guanidine groups is 2. The lowest BCUT2D eigenvalue weighted by Gasteiger charge is -2.24. The van der Waals surface area contributed by atoms with Crippen molar-refractivity contribution >= 4 is 47.7 Å². The molecule has 0 aliphatic rings. The maximum atomic E-state index is 13.0. The van der Waals surface area contributed by atoms with Crippen molar-refractivity contribution in [1.29, 1.82) is 0 Å². The third-order valence-electron chi connectivity index (χ3n) is 6.78. The SMILES string of the molecule is CC(C)[C@H](NC(=O)[C@@H](N)CCCN=C(N)N)C(=O)NCC(=O)N[C@@H](C)C(=O)N[C@@H](CCCN=C(N)N)C(=O)N[C@H](C=O)CCCCN. The molecule has 0 saturated heterocycles. The second kappa shape index (κ2) is 23.8. The third-order valence-corrected chi connectivity index (χ3v) is 6.78. The van der Waals surface area contributed by atoms with E-state index in [-0.39, 0.29) is 37.2 Å². The van der Waals surface area contributed by atoms with Crippen LogP contribution in [0.3, 0.4) is 0 Å². The van der Waals surface area contributed by atoms with Gasteiger partial charge in [0.15, 0.2) is 11.9 Å². The minimum absolute atomic E-state index is 0.0692. The van der Waals surface area contributed by atoms with Crippen molar-refractivity contribution < 1.29 is 28.8 Å². The molecule has 0 aromatic rings. The number of hydrogen-bond acceptors (Lipinski definition) is 10. The largest absolute Gasteiger partial charge is 0.370 e. The van der Waals surface area contributed by atoms with Crippen molar-refractivity contribution in [1.82, 2.24) is 26.6 Å². The number of unbranched alkanes of at least 4 members (excludes halogenated alkanes) is 1. The number of aliphatic imine (C=N–C) groups is 2. The molecule has 0 saturated carbocycles. The van der Waals surface area contributed by atoms with E-state index in [9.17, 15) is 28.8 Å². The highest BCUT2D eigenvalue weighted by Gasteiger charge is 2.28. The first-order valence-electron chi connectivity index (χ1n) is 15.6. The van der Waals surface area contributed by atoms with E-state index < -0.39 is 66.3 Å². The lowest BCUT2D eigenvalue weighted by atomic mass is 10.0. The molecule has 0 radical (unpaired) electrons. The molecular weight excluding hydrogens is 614 g/mol. The second-order valence-electron chi connectivity index (χ2n) is 11.3. The Hall–Kier alpha value is -4.52. The van der Waals surface area contributed by atoms with E-state index in [4.69, 9.17) is 34.4 Å². The van der Waals surface area contributed by atoms with Crippen LogP contribution in [0.4, 0.5) is 0 Å². The minimum Gasteiger partial charge on any atom is -0.370 e. The van der Waals surface area contributed by atoms with Crippen molar-refractivity contribution in [3.05, 3.63) is 0 Å². The Bertz CT molecular complexity index is 1080. The molecule has 47 heavy (non-hydrogen) atoms. The van der Waals surface area contributed by atoms with Crippen LogP contribution in [0.15, 0.2) is 9.98 Å². The van der Waals surface area contributed by atoms with Crippen LogP contribution in [0.1, 0.15) is 65.7 Å². The number of aldehydes is 1. The molecule has 0 bridgehead atoms. The first kappa shape index (κ1) is 42.5. The molecule has 0 unspecified atom stereocenters. The summed E-state index contributed by atoms with van der Waals surface area (Å²) in [6, 6.07) is -4.81. The van der Waals surface area contributed by atoms with Gasteiger partial charge in [-0.2, -0.15) is 0 Å². The van der Waals surface area contributed by atoms with Crippen molar-refractivity contribution in [3.8, 4) is 0 Å². The number of hydrogen-bond donors (Lipinski definition) is 11. The van der Waals surface area contributed by atoms with Gasteiger partial charge in [0.1, 0.15) is 24.4 Å². The summed E-state index contributed by atoms with van der Waals surface area (Å²) in [6.07, 6.45) is 3.51. The number of rotatable bonds is 24. The molecule has 0 aliphatic heterocycles. The topological polar surface area (TPSA) is 343 Å². The van der Waals surface area contributed by atoms with Crippen molar-refractivity contribution in [2.45, 2.75) is 95.9 Å². The summed E-state index contributed by atoms with van der Waals surface area (Å²) in [6.45, 7) is 5.27. The molecule has 19 nitrogen and oxygen atoms in total. The lowest BCUT2D eigenvalue weighted by molar-refractivity contribution is -0.133. The average molecular weight is 670 g/mol. The maximum Gasteiger partial charge on any atom is 0.243 e. The molecule has 0 aromatic carbocycles. The normalized spacial score (nSPS) is 13.9. The molecule has 17 N–H and O–H groups in total. The van der Waals surface area contributed by atoms with E-state index in [1.807, 2.05) is 0 Å². The number of carbonyl (C=O) groups excluding carboxylic acids is 6. The highest BCUT2D eigenvalue weighted by atomic mass is 16.2. The lowest BCUT2D eigenvalue weighted by Crippen LogP contribution is -2.56. The zero-order valence-electron chi connectivity index (χ0n) is 27.6. The van der Waals surface area contributed by atoms with Crippen molar-refractivity contribution in [3.63, 3.8) is 0 Å². The van der Waals surface area contributed by atoms with E-state index in [1.165, 1.54) is 6.92 Å². The zero-order chi connectivity index (χ0) is 35.9. The predicted molar refractivity (Wildman–Crippen MR) is 178 cm³/mol. The Morgan fingerprint density at radius 1 is 0.702 bits per heavy atom. The summed E-state index contributed by atoms with van der Waals surface area (Å²) in [7, 11) is 0. The van der Waals surface area contributed by atoms with Crippen molar-refractivity contribution in [2.75, 3.05) is 26.2 Å². The fraction of sp³-hybridized carbons (Fsp3) is 0.714. The summed E-state index contributed by atoms with van der Waals surface area (Å²) in [5.41, 5.74) is 32.7. The molecule has 0 heterocycles. The van der Waals surface area contributed by atoms with E-state index in [2.05, 4.69) is 36.6 Å². The van der Waals surface area contributed by atoms with E-state index in [0.29, 0.717) is 51.5 Å². The highest BCUT2D eigenvalue weighted by molar-refractivity contribution is 5.94. The molecular formula is C28H55N13O6. The Balaban J connectivity index is 5.15. The smallest absolute Gasteiger partial charge is 0.243 e. The monoisotopic (exact) mass is 669 g/mol. The van der Waals surface area contributed by atoms with Crippen LogP contribution in [0.2, 0.25) is 0 Å². The van der Waals surface area contributed by atoms with Gasteiger partial charge in [-0.1, -0.05) is 13.8 Å². The Kier molecular flexibility index (Phi) is 21.5. The molecule has 0 fully saturated rings. The molecule has 268 valence electrons. The van der Waals surface area contributed by atoms with Gasteiger partial charge in [-0.25, -0.2) is 0 Å². The molecule has 19 heteroatoms. The third kappa shape index (κ3) is 19.6. The molecule has 0 aliphatic carbocycles. The first-order valence-corrected chi connectivity index (χ1v) is 15.6. The van der Waals surface area contributed by atoms with Crippen LogP contribution in [0.5, 0.6) is 0 Å². The van der Waals surface area contributed by atoms with Crippen LogP contribution in [-0.4, -0.2) is 104 Å². The quantitative estimate of drug-likeness (QED) is 0.0200. The van der Waals surface area contributed by atoms with Crippen LogP contribution in [-0.2, 0) is 28.8 Å².